The number of rotatable bonds is 6. The summed E-state index contributed by atoms with van der Waals surface area (Å²) in [6.45, 7) is -0.0158. The number of thiazole rings is 1. The van der Waals surface area contributed by atoms with Crippen LogP contribution in [-0.4, -0.2) is 22.5 Å². The molecule has 1 atom stereocenters. The lowest BCUT2D eigenvalue weighted by Gasteiger charge is -2.25. The SMILES string of the molecule is O=C(NCC(O)(c1ccco1)c1cccs1)c1csc(-c2ccccc2)n1. The maximum absolute atomic E-state index is 12.6. The number of hydrogen-bond donors (Lipinski definition) is 2. The van der Waals surface area contributed by atoms with Crippen molar-refractivity contribution in [2.75, 3.05) is 6.54 Å². The Morgan fingerprint density at radius 3 is 2.67 bits per heavy atom. The van der Waals surface area contributed by atoms with Crippen LogP contribution in [0.15, 0.2) is 76.0 Å². The van der Waals surface area contributed by atoms with Gasteiger partial charge < -0.3 is 14.8 Å². The fourth-order valence-corrected chi connectivity index (χ4v) is 4.35. The third kappa shape index (κ3) is 3.57. The van der Waals surface area contributed by atoms with Crippen LogP contribution in [0.25, 0.3) is 10.6 Å². The van der Waals surface area contributed by atoms with E-state index in [1.807, 2.05) is 47.8 Å². The number of amides is 1. The Hall–Kier alpha value is -2.74. The molecular weight excluding hydrogens is 380 g/mol. The van der Waals surface area contributed by atoms with Gasteiger partial charge in [-0.2, -0.15) is 0 Å². The van der Waals surface area contributed by atoms with Gasteiger partial charge in [-0.1, -0.05) is 36.4 Å². The highest BCUT2D eigenvalue weighted by Gasteiger charge is 2.36. The average Bonchev–Trinajstić information content (AvgIpc) is 3.48. The summed E-state index contributed by atoms with van der Waals surface area (Å²) in [6, 6.07) is 16.8. The van der Waals surface area contributed by atoms with E-state index in [0.29, 0.717) is 16.3 Å². The van der Waals surface area contributed by atoms with Crippen molar-refractivity contribution in [2.45, 2.75) is 5.60 Å². The first-order chi connectivity index (χ1) is 13.2. The van der Waals surface area contributed by atoms with Gasteiger partial charge in [0, 0.05) is 15.8 Å². The Morgan fingerprint density at radius 1 is 1.11 bits per heavy atom. The third-order valence-corrected chi connectivity index (χ3v) is 6.03. The second-order valence-corrected chi connectivity index (χ2v) is 7.71. The van der Waals surface area contributed by atoms with Crippen LogP contribution >= 0.6 is 22.7 Å². The molecule has 3 aromatic heterocycles. The van der Waals surface area contributed by atoms with E-state index in [9.17, 15) is 9.90 Å². The van der Waals surface area contributed by atoms with E-state index in [0.717, 1.165) is 10.6 Å². The summed E-state index contributed by atoms with van der Waals surface area (Å²) >= 11 is 2.81. The molecule has 1 amide bonds. The van der Waals surface area contributed by atoms with Gasteiger partial charge in [0.05, 0.1) is 12.8 Å². The van der Waals surface area contributed by atoms with Gasteiger partial charge in [0.1, 0.15) is 16.5 Å². The Labute approximate surface area is 163 Å². The fraction of sp³-hybridized carbons (Fsp3) is 0.100. The van der Waals surface area contributed by atoms with Gasteiger partial charge in [-0.05, 0) is 23.6 Å². The van der Waals surface area contributed by atoms with Gasteiger partial charge >= 0.3 is 0 Å². The van der Waals surface area contributed by atoms with Crippen molar-refractivity contribution in [1.82, 2.24) is 10.3 Å². The number of benzene rings is 1. The molecule has 0 bridgehead atoms. The summed E-state index contributed by atoms with van der Waals surface area (Å²) in [7, 11) is 0. The molecule has 7 heteroatoms. The highest BCUT2D eigenvalue weighted by molar-refractivity contribution is 7.13. The van der Waals surface area contributed by atoms with Gasteiger partial charge in [-0.3, -0.25) is 4.79 Å². The van der Waals surface area contributed by atoms with E-state index in [2.05, 4.69) is 10.3 Å². The van der Waals surface area contributed by atoms with E-state index in [4.69, 9.17) is 4.42 Å². The first kappa shape index (κ1) is 17.7. The number of thiophene rings is 1. The standard InChI is InChI=1S/C20H16N2O3S2/c23-18(15-12-27-19(22-15)14-6-2-1-3-7-14)21-13-20(24,16-8-4-10-25-16)17-9-5-11-26-17/h1-12,24H,13H2,(H,21,23). The van der Waals surface area contributed by atoms with Crippen LogP contribution in [0.5, 0.6) is 0 Å². The number of aliphatic hydroxyl groups is 1. The molecule has 3 heterocycles. The second kappa shape index (κ2) is 7.48. The van der Waals surface area contributed by atoms with Crippen LogP contribution < -0.4 is 5.32 Å². The van der Waals surface area contributed by atoms with E-state index in [1.54, 1.807) is 17.5 Å². The van der Waals surface area contributed by atoms with Crippen LogP contribution in [-0.2, 0) is 5.60 Å². The largest absolute Gasteiger partial charge is 0.466 e. The van der Waals surface area contributed by atoms with Crippen molar-refractivity contribution in [3.63, 3.8) is 0 Å². The molecule has 0 saturated heterocycles. The molecular formula is C20H16N2O3S2. The molecule has 0 radical (unpaired) electrons. The Bertz CT molecular complexity index is 975. The van der Waals surface area contributed by atoms with Gasteiger partial charge in [-0.15, -0.1) is 22.7 Å². The molecule has 0 aliphatic heterocycles. The Kier molecular flexibility index (Phi) is 4.89. The van der Waals surface area contributed by atoms with Crippen LogP contribution in [0.3, 0.4) is 0 Å². The van der Waals surface area contributed by atoms with Gasteiger partial charge in [0.15, 0.2) is 5.60 Å². The highest BCUT2D eigenvalue weighted by atomic mass is 32.1. The maximum Gasteiger partial charge on any atom is 0.270 e. The minimum absolute atomic E-state index is 0.0158. The number of nitrogens with zero attached hydrogens (tertiary/aromatic N) is 1. The summed E-state index contributed by atoms with van der Waals surface area (Å²) < 4.78 is 5.41. The van der Waals surface area contributed by atoms with E-state index >= 15 is 0 Å². The number of nitrogens with one attached hydrogen (secondary N) is 1. The maximum atomic E-state index is 12.6. The van der Waals surface area contributed by atoms with E-state index in [-0.39, 0.29) is 12.5 Å². The van der Waals surface area contributed by atoms with E-state index in [1.165, 1.54) is 28.9 Å². The molecule has 4 rings (SSSR count). The third-order valence-electron chi connectivity index (χ3n) is 4.12. The average molecular weight is 396 g/mol. The lowest BCUT2D eigenvalue weighted by atomic mass is 9.98. The smallest absolute Gasteiger partial charge is 0.270 e. The zero-order chi connectivity index (χ0) is 18.7. The molecule has 4 aromatic rings. The molecule has 0 fully saturated rings. The molecule has 0 saturated carbocycles. The van der Waals surface area contributed by atoms with Crippen molar-refractivity contribution in [3.05, 3.63) is 88.0 Å². The molecule has 0 spiro atoms. The zero-order valence-electron chi connectivity index (χ0n) is 14.2. The summed E-state index contributed by atoms with van der Waals surface area (Å²) in [5.74, 6) is 0.0449. The number of aromatic nitrogens is 1. The van der Waals surface area contributed by atoms with Gasteiger partial charge in [0.2, 0.25) is 0 Å². The molecule has 1 unspecified atom stereocenters. The quantitative estimate of drug-likeness (QED) is 0.514. The van der Waals surface area contributed by atoms with Crippen molar-refractivity contribution < 1.29 is 14.3 Å². The summed E-state index contributed by atoms with van der Waals surface area (Å²) in [6.07, 6.45) is 1.50. The van der Waals surface area contributed by atoms with E-state index < -0.39 is 5.60 Å². The summed E-state index contributed by atoms with van der Waals surface area (Å²) in [5, 5.41) is 18.3. The van der Waals surface area contributed by atoms with Crippen molar-refractivity contribution in [2.24, 2.45) is 0 Å². The van der Waals surface area contributed by atoms with Gasteiger partial charge in [0.25, 0.3) is 5.91 Å². The van der Waals surface area contributed by atoms with Crippen molar-refractivity contribution in [1.29, 1.82) is 0 Å². The predicted molar refractivity (Wildman–Crippen MR) is 106 cm³/mol. The van der Waals surface area contributed by atoms with Crippen molar-refractivity contribution >= 4 is 28.6 Å². The van der Waals surface area contributed by atoms with Crippen molar-refractivity contribution in [3.8, 4) is 10.6 Å². The summed E-state index contributed by atoms with van der Waals surface area (Å²) in [4.78, 5) is 17.7. The molecule has 1 aromatic carbocycles. The molecule has 5 nitrogen and oxygen atoms in total. The zero-order valence-corrected chi connectivity index (χ0v) is 15.8. The second-order valence-electron chi connectivity index (χ2n) is 5.90. The first-order valence-electron chi connectivity index (χ1n) is 8.26. The molecule has 27 heavy (non-hydrogen) atoms. The highest BCUT2D eigenvalue weighted by Crippen LogP contribution is 2.32. The van der Waals surface area contributed by atoms with Crippen LogP contribution in [0.4, 0.5) is 0 Å². The van der Waals surface area contributed by atoms with Crippen LogP contribution in [0, 0.1) is 0 Å². The molecule has 0 aliphatic rings. The number of carbonyl (C=O) groups is 1. The Balaban J connectivity index is 1.52. The number of hydrogen-bond acceptors (Lipinski definition) is 6. The molecule has 0 aliphatic carbocycles. The number of furan rings is 1. The normalized spacial score (nSPS) is 13.2. The molecule has 136 valence electrons. The number of carbonyl (C=O) groups excluding carboxylic acids is 1. The topological polar surface area (TPSA) is 75.4 Å². The van der Waals surface area contributed by atoms with Crippen LogP contribution in [0.2, 0.25) is 0 Å². The first-order valence-corrected chi connectivity index (χ1v) is 10.0. The minimum atomic E-state index is -1.42. The molecule has 2 N–H and O–H groups in total. The summed E-state index contributed by atoms with van der Waals surface area (Å²) in [5.41, 5.74) is -0.134. The Morgan fingerprint density at radius 2 is 1.96 bits per heavy atom. The lowest BCUT2D eigenvalue weighted by molar-refractivity contribution is 0.0553. The van der Waals surface area contributed by atoms with Gasteiger partial charge in [-0.25, -0.2) is 4.98 Å². The lowest BCUT2D eigenvalue weighted by Crippen LogP contribution is -2.41. The minimum Gasteiger partial charge on any atom is -0.466 e. The monoisotopic (exact) mass is 396 g/mol. The van der Waals surface area contributed by atoms with Crippen LogP contribution in [0.1, 0.15) is 21.1 Å². The fourth-order valence-electron chi connectivity index (χ4n) is 2.71. The predicted octanol–water partition coefficient (Wildman–Crippen LogP) is 4.13.